The summed E-state index contributed by atoms with van der Waals surface area (Å²) in [6.07, 6.45) is -0.349. The highest BCUT2D eigenvalue weighted by Gasteiger charge is 2.32. The third-order valence-electron chi connectivity index (χ3n) is 6.13. The van der Waals surface area contributed by atoms with Gasteiger partial charge in [-0.1, -0.05) is 18.2 Å². The van der Waals surface area contributed by atoms with Crippen molar-refractivity contribution in [2.24, 2.45) is 22.2 Å². The second-order valence-corrected chi connectivity index (χ2v) is 9.40. The molecule has 0 aliphatic heterocycles. The van der Waals surface area contributed by atoms with Crippen molar-refractivity contribution in [2.45, 2.75) is 62.9 Å². The fourth-order valence-corrected chi connectivity index (χ4v) is 3.91. The van der Waals surface area contributed by atoms with Crippen molar-refractivity contribution in [3.05, 3.63) is 36.0 Å². The van der Waals surface area contributed by atoms with E-state index in [1.54, 1.807) is 30.5 Å². The number of aliphatic hydroxyl groups excluding tert-OH is 1. The normalized spacial score (nSPS) is 14.6. The lowest BCUT2D eigenvalue weighted by Crippen LogP contribution is -2.58. The molecule has 1 heterocycles. The zero-order valence-corrected chi connectivity index (χ0v) is 22.4. The minimum Gasteiger partial charge on any atom is -0.481 e. The van der Waals surface area contributed by atoms with Crippen LogP contribution in [0.25, 0.3) is 10.9 Å². The Bertz CT molecular complexity index is 1270. The summed E-state index contributed by atoms with van der Waals surface area (Å²) in [5, 5.41) is 36.0. The molecule has 3 amide bonds. The molecule has 0 radical (unpaired) electrons. The van der Waals surface area contributed by atoms with Crippen molar-refractivity contribution in [3.63, 3.8) is 0 Å². The van der Waals surface area contributed by atoms with Crippen molar-refractivity contribution in [1.29, 1.82) is 0 Å². The first-order valence-corrected chi connectivity index (χ1v) is 12.7. The average molecular weight is 577 g/mol. The number of nitrogens with zero attached hydrogens (tertiary/aromatic N) is 1. The van der Waals surface area contributed by atoms with Crippen LogP contribution in [0.1, 0.15) is 31.7 Å². The lowest BCUT2D eigenvalue weighted by molar-refractivity contribution is -0.147. The Hall–Kier alpha value is -4.70. The van der Waals surface area contributed by atoms with Gasteiger partial charge in [-0.15, -0.1) is 0 Å². The summed E-state index contributed by atoms with van der Waals surface area (Å²) < 4.78 is 0. The third-order valence-corrected chi connectivity index (χ3v) is 6.13. The van der Waals surface area contributed by atoms with Crippen LogP contribution in [0.3, 0.4) is 0 Å². The number of aliphatic imine (C=N–C) groups is 1. The number of hydrogen-bond donors (Lipinski definition) is 10. The SMILES string of the molecule is CC(O)C(N)C(=O)NC(CCCN=C(N)N)C(=O)NC(Cc1c[nH]c2ccccc12)C(=O)NC(CC(=O)O)C(=O)O. The van der Waals surface area contributed by atoms with Crippen molar-refractivity contribution in [3.8, 4) is 0 Å². The van der Waals surface area contributed by atoms with Gasteiger partial charge in [0, 0.05) is 30.1 Å². The summed E-state index contributed by atoms with van der Waals surface area (Å²) in [6.45, 7) is 1.43. The van der Waals surface area contributed by atoms with E-state index in [0.717, 1.165) is 10.9 Å². The Labute approximate surface area is 234 Å². The number of benzene rings is 1. The largest absolute Gasteiger partial charge is 0.481 e. The van der Waals surface area contributed by atoms with Gasteiger partial charge in [-0.25, -0.2) is 4.79 Å². The van der Waals surface area contributed by atoms with Gasteiger partial charge >= 0.3 is 11.9 Å². The maximum Gasteiger partial charge on any atom is 0.326 e. The van der Waals surface area contributed by atoms with Crippen molar-refractivity contribution >= 4 is 46.5 Å². The molecule has 2 rings (SSSR count). The average Bonchev–Trinajstić information content (AvgIpc) is 3.31. The Kier molecular flexibility index (Phi) is 12.0. The molecule has 0 aliphatic carbocycles. The smallest absolute Gasteiger partial charge is 0.326 e. The number of aromatic amines is 1. The maximum absolute atomic E-state index is 13.4. The number of hydrogen-bond acceptors (Lipinski definition) is 8. The third kappa shape index (κ3) is 10.1. The van der Waals surface area contributed by atoms with Crippen molar-refractivity contribution in [2.75, 3.05) is 6.54 Å². The van der Waals surface area contributed by atoms with E-state index >= 15 is 0 Å². The van der Waals surface area contributed by atoms with Gasteiger partial charge in [0.05, 0.1) is 12.5 Å². The molecular formula is C25H36N8O8. The zero-order chi connectivity index (χ0) is 30.7. The highest BCUT2D eigenvalue weighted by atomic mass is 16.4. The molecule has 16 heteroatoms. The van der Waals surface area contributed by atoms with Crippen LogP contribution >= 0.6 is 0 Å². The predicted octanol–water partition coefficient (Wildman–Crippen LogP) is -2.51. The van der Waals surface area contributed by atoms with Gasteiger partial charge in [0.2, 0.25) is 17.7 Å². The number of nitrogens with two attached hydrogens (primary N) is 3. The number of carbonyl (C=O) groups excluding carboxylic acids is 3. The fraction of sp³-hybridized carbons (Fsp3) is 0.440. The molecule has 5 unspecified atom stereocenters. The minimum atomic E-state index is -1.76. The number of amides is 3. The molecule has 0 saturated carbocycles. The number of rotatable bonds is 16. The Balaban J connectivity index is 2.35. The van der Waals surface area contributed by atoms with E-state index in [0.29, 0.717) is 5.56 Å². The Morgan fingerprint density at radius 3 is 2.17 bits per heavy atom. The highest BCUT2D eigenvalue weighted by Crippen LogP contribution is 2.19. The molecule has 0 fully saturated rings. The second-order valence-electron chi connectivity index (χ2n) is 9.40. The number of aromatic nitrogens is 1. The molecular weight excluding hydrogens is 540 g/mol. The quantitative estimate of drug-likeness (QED) is 0.0565. The van der Waals surface area contributed by atoms with E-state index in [9.17, 15) is 34.2 Å². The molecule has 41 heavy (non-hydrogen) atoms. The minimum absolute atomic E-state index is 0.0130. The lowest BCUT2D eigenvalue weighted by Gasteiger charge is -2.25. The lowest BCUT2D eigenvalue weighted by atomic mass is 10.0. The summed E-state index contributed by atoms with van der Waals surface area (Å²) in [7, 11) is 0. The molecule has 1 aromatic heterocycles. The first-order chi connectivity index (χ1) is 19.3. The molecule has 2 aromatic rings. The predicted molar refractivity (Wildman–Crippen MR) is 147 cm³/mol. The molecule has 16 nitrogen and oxygen atoms in total. The fourth-order valence-electron chi connectivity index (χ4n) is 3.91. The number of carboxylic acids is 2. The van der Waals surface area contributed by atoms with E-state index in [2.05, 4.69) is 25.9 Å². The van der Waals surface area contributed by atoms with Gasteiger partial charge < -0.3 is 53.5 Å². The first kappa shape index (κ1) is 32.5. The summed E-state index contributed by atoms with van der Waals surface area (Å²) in [5.74, 6) is -5.79. The van der Waals surface area contributed by atoms with Gasteiger partial charge in [-0.2, -0.15) is 0 Å². The molecule has 0 aliphatic rings. The van der Waals surface area contributed by atoms with E-state index in [-0.39, 0.29) is 31.8 Å². The van der Waals surface area contributed by atoms with Crippen LogP contribution < -0.4 is 33.2 Å². The molecule has 0 spiro atoms. The summed E-state index contributed by atoms with van der Waals surface area (Å²) in [5.41, 5.74) is 17.7. The second kappa shape index (κ2) is 15.2. The van der Waals surface area contributed by atoms with Crippen LogP contribution in [0.2, 0.25) is 0 Å². The highest BCUT2D eigenvalue weighted by molar-refractivity contribution is 5.95. The number of fused-ring (bicyclic) bond motifs is 1. The molecule has 0 saturated heterocycles. The van der Waals surface area contributed by atoms with E-state index in [4.69, 9.17) is 22.3 Å². The van der Waals surface area contributed by atoms with Crippen molar-refractivity contribution in [1.82, 2.24) is 20.9 Å². The first-order valence-electron chi connectivity index (χ1n) is 12.7. The maximum atomic E-state index is 13.4. The van der Waals surface area contributed by atoms with Crippen LogP contribution in [0.4, 0.5) is 0 Å². The standard InChI is InChI=1S/C25H36N8O8/c1-12(34)20(26)23(39)31-16(7-4-8-29-25(27)28)21(37)32-17(22(38)33-18(24(40)41)10-19(35)36)9-13-11-30-15-6-3-2-5-14(13)15/h2-3,5-6,11-12,16-18,20,30,34H,4,7-10,26H2,1H3,(H,31,39)(H,32,37)(H,33,38)(H,35,36)(H,40,41)(H4,27,28,29). The monoisotopic (exact) mass is 576 g/mol. The molecule has 5 atom stereocenters. The molecule has 224 valence electrons. The van der Waals surface area contributed by atoms with Crippen LogP contribution in [0.5, 0.6) is 0 Å². The van der Waals surface area contributed by atoms with E-state index < -0.39 is 66.4 Å². The van der Waals surface area contributed by atoms with Crippen LogP contribution in [-0.4, -0.2) is 92.7 Å². The van der Waals surface area contributed by atoms with Crippen LogP contribution in [-0.2, 0) is 30.4 Å². The Morgan fingerprint density at radius 2 is 1.56 bits per heavy atom. The van der Waals surface area contributed by atoms with Gasteiger partial charge in [-0.3, -0.25) is 24.2 Å². The number of guanidine groups is 1. The summed E-state index contributed by atoms with van der Waals surface area (Å²) in [6, 6.07) is 1.43. The van der Waals surface area contributed by atoms with Gasteiger partial charge in [0.1, 0.15) is 24.2 Å². The number of carboxylic acid groups (broad SMARTS) is 2. The molecule has 0 bridgehead atoms. The number of aliphatic hydroxyl groups is 1. The topological polar surface area (TPSA) is 288 Å². The zero-order valence-electron chi connectivity index (χ0n) is 22.4. The van der Waals surface area contributed by atoms with Gasteiger partial charge in [0.15, 0.2) is 5.96 Å². The van der Waals surface area contributed by atoms with E-state index in [1.165, 1.54) is 6.92 Å². The number of carbonyl (C=O) groups is 5. The van der Waals surface area contributed by atoms with Crippen LogP contribution in [0.15, 0.2) is 35.5 Å². The van der Waals surface area contributed by atoms with Crippen LogP contribution in [0, 0.1) is 0 Å². The number of H-pyrrole nitrogens is 1. The summed E-state index contributed by atoms with van der Waals surface area (Å²) >= 11 is 0. The van der Waals surface area contributed by atoms with Gasteiger partial charge in [-0.05, 0) is 31.4 Å². The van der Waals surface area contributed by atoms with E-state index in [1.807, 2.05) is 0 Å². The molecule has 13 N–H and O–H groups in total. The number of nitrogens with one attached hydrogen (secondary N) is 4. The Morgan fingerprint density at radius 1 is 0.951 bits per heavy atom. The molecule has 1 aromatic carbocycles. The van der Waals surface area contributed by atoms with Crippen molar-refractivity contribution < 1.29 is 39.3 Å². The summed E-state index contributed by atoms with van der Waals surface area (Å²) in [4.78, 5) is 68.7. The number of para-hydroxylation sites is 1. The van der Waals surface area contributed by atoms with Gasteiger partial charge in [0.25, 0.3) is 0 Å². The number of aliphatic carboxylic acids is 2.